The van der Waals surface area contributed by atoms with Crippen molar-refractivity contribution in [3.63, 3.8) is 0 Å². The van der Waals surface area contributed by atoms with E-state index >= 15 is 0 Å². The second-order valence-corrected chi connectivity index (χ2v) is 10.1. The molecule has 0 radical (unpaired) electrons. The van der Waals surface area contributed by atoms with Gasteiger partial charge in [-0.1, -0.05) is 12.1 Å². The Labute approximate surface area is 177 Å². The highest BCUT2D eigenvalue weighted by Crippen LogP contribution is 2.41. The molecule has 0 bridgehead atoms. The number of rotatable bonds is 6. The Morgan fingerprint density at radius 3 is 2.43 bits per heavy atom. The summed E-state index contributed by atoms with van der Waals surface area (Å²) >= 11 is 0. The normalized spacial score (nSPS) is 23.5. The summed E-state index contributed by atoms with van der Waals surface area (Å²) in [7, 11) is -3.97. The largest absolute Gasteiger partial charge is 0.328 e. The van der Waals surface area contributed by atoms with Crippen molar-refractivity contribution in [2.45, 2.75) is 68.2 Å². The highest BCUT2D eigenvalue weighted by molar-refractivity contribution is 7.89. The highest BCUT2D eigenvalue weighted by Gasteiger charge is 2.30. The molecular weight excluding hydrogens is 402 g/mol. The van der Waals surface area contributed by atoms with Crippen molar-refractivity contribution in [2.24, 2.45) is 16.8 Å². The van der Waals surface area contributed by atoms with Crippen molar-refractivity contribution < 1.29 is 8.42 Å². The number of nitrogens with one attached hydrogen (secondary N) is 2. The number of sulfonamides is 1. The number of piperidine rings is 1. The standard InChI is InChI=1S/C20H31N7O2S/c21-16-6-3-14(4-7-16)17-8-5-15(2-1-13-9-11-23-12-10-13)19(30(22,28)29)18(17)20-24-26-27-25-20/h5,8,13-14,16,23H,1-4,6-7,9-12,21H2,(H2,22,28,29)(H,24,25,26,27). The van der Waals surface area contributed by atoms with E-state index in [0.717, 1.165) is 69.2 Å². The number of nitrogens with two attached hydrogens (primary N) is 2. The fourth-order valence-electron chi connectivity index (χ4n) is 4.96. The lowest BCUT2D eigenvalue weighted by Gasteiger charge is -2.29. The summed E-state index contributed by atoms with van der Waals surface area (Å²) in [6.45, 7) is 2.03. The molecule has 2 heterocycles. The smallest absolute Gasteiger partial charge is 0.239 e. The van der Waals surface area contributed by atoms with Gasteiger partial charge in [-0.05, 0) is 92.6 Å². The zero-order chi connectivity index (χ0) is 21.1. The lowest BCUT2D eigenvalue weighted by atomic mass is 9.79. The first-order valence-corrected chi connectivity index (χ1v) is 12.4. The van der Waals surface area contributed by atoms with Gasteiger partial charge in [-0.15, -0.1) is 10.2 Å². The van der Waals surface area contributed by atoms with Crippen LogP contribution in [-0.4, -0.2) is 48.2 Å². The minimum Gasteiger partial charge on any atom is -0.328 e. The quantitative estimate of drug-likeness (QED) is 0.537. The first-order valence-electron chi connectivity index (χ1n) is 10.8. The predicted octanol–water partition coefficient (Wildman–Crippen LogP) is 1.43. The Morgan fingerprint density at radius 2 is 1.80 bits per heavy atom. The van der Waals surface area contributed by atoms with Crippen LogP contribution in [0.25, 0.3) is 11.4 Å². The summed E-state index contributed by atoms with van der Waals surface area (Å²) in [5, 5.41) is 23.5. The van der Waals surface area contributed by atoms with Crippen molar-refractivity contribution in [3.8, 4) is 11.4 Å². The molecule has 0 amide bonds. The zero-order valence-corrected chi connectivity index (χ0v) is 18.0. The summed E-state index contributed by atoms with van der Waals surface area (Å²) in [5.41, 5.74) is 8.26. The Hall–Kier alpha value is -1.88. The summed E-state index contributed by atoms with van der Waals surface area (Å²) in [4.78, 5) is 0.158. The molecule has 1 saturated heterocycles. The van der Waals surface area contributed by atoms with Gasteiger partial charge in [-0.3, -0.25) is 0 Å². The number of aryl methyl sites for hydroxylation is 1. The Balaban J connectivity index is 1.75. The third kappa shape index (κ3) is 4.72. The van der Waals surface area contributed by atoms with Crippen molar-refractivity contribution in [1.29, 1.82) is 0 Å². The molecule has 1 aliphatic carbocycles. The van der Waals surface area contributed by atoms with Crippen LogP contribution in [-0.2, 0) is 16.4 Å². The first-order chi connectivity index (χ1) is 14.4. The van der Waals surface area contributed by atoms with Gasteiger partial charge in [0.2, 0.25) is 15.8 Å². The molecule has 1 saturated carbocycles. The minimum atomic E-state index is -3.97. The van der Waals surface area contributed by atoms with Gasteiger partial charge in [0.15, 0.2) is 0 Å². The van der Waals surface area contributed by atoms with Crippen molar-refractivity contribution in [2.75, 3.05) is 13.1 Å². The molecule has 164 valence electrons. The van der Waals surface area contributed by atoms with E-state index in [1.807, 2.05) is 12.1 Å². The molecule has 2 aliphatic rings. The average molecular weight is 434 g/mol. The molecule has 1 aromatic carbocycles. The molecule has 1 aromatic heterocycles. The van der Waals surface area contributed by atoms with Crippen LogP contribution in [0.3, 0.4) is 0 Å². The van der Waals surface area contributed by atoms with E-state index in [0.29, 0.717) is 17.9 Å². The van der Waals surface area contributed by atoms with Gasteiger partial charge in [0.05, 0.1) is 4.90 Å². The van der Waals surface area contributed by atoms with Crippen LogP contribution in [0.5, 0.6) is 0 Å². The number of aromatic nitrogens is 4. The number of hydrogen-bond donors (Lipinski definition) is 4. The van der Waals surface area contributed by atoms with E-state index in [1.54, 1.807) is 0 Å². The number of aromatic amines is 1. The third-order valence-electron chi connectivity index (χ3n) is 6.62. The maximum atomic E-state index is 12.8. The molecule has 10 heteroatoms. The Bertz CT molecular complexity index is 948. The van der Waals surface area contributed by atoms with Crippen molar-refractivity contribution in [3.05, 3.63) is 23.3 Å². The summed E-state index contributed by atoms with van der Waals surface area (Å²) < 4.78 is 25.5. The molecule has 4 rings (SSSR count). The fourth-order valence-corrected chi connectivity index (χ4v) is 5.99. The Morgan fingerprint density at radius 1 is 1.07 bits per heavy atom. The molecule has 2 aromatic rings. The van der Waals surface area contributed by atoms with Crippen LogP contribution in [0.4, 0.5) is 0 Å². The maximum Gasteiger partial charge on any atom is 0.239 e. The van der Waals surface area contributed by atoms with Crippen LogP contribution >= 0.6 is 0 Å². The number of H-pyrrole nitrogens is 1. The third-order valence-corrected chi connectivity index (χ3v) is 7.65. The highest BCUT2D eigenvalue weighted by atomic mass is 32.2. The van der Waals surface area contributed by atoms with Gasteiger partial charge in [-0.2, -0.15) is 5.21 Å². The van der Waals surface area contributed by atoms with Gasteiger partial charge in [-0.25, -0.2) is 13.6 Å². The van der Waals surface area contributed by atoms with E-state index in [-0.39, 0.29) is 22.7 Å². The van der Waals surface area contributed by atoms with E-state index < -0.39 is 10.0 Å². The maximum absolute atomic E-state index is 12.8. The second-order valence-electron chi connectivity index (χ2n) is 8.64. The number of tetrazole rings is 1. The monoisotopic (exact) mass is 433 g/mol. The molecule has 0 unspecified atom stereocenters. The fraction of sp³-hybridized carbons (Fsp3) is 0.650. The summed E-state index contributed by atoms with van der Waals surface area (Å²) in [6.07, 6.45) is 7.47. The number of nitrogens with zero attached hydrogens (tertiary/aromatic N) is 3. The van der Waals surface area contributed by atoms with Crippen LogP contribution in [0.2, 0.25) is 0 Å². The zero-order valence-electron chi connectivity index (χ0n) is 17.2. The van der Waals surface area contributed by atoms with Gasteiger partial charge in [0, 0.05) is 11.6 Å². The van der Waals surface area contributed by atoms with E-state index in [2.05, 4.69) is 25.9 Å². The molecule has 6 N–H and O–H groups in total. The molecular formula is C20H31N7O2S. The lowest BCUT2D eigenvalue weighted by molar-refractivity contribution is 0.353. The van der Waals surface area contributed by atoms with Crippen LogP contribution in [0.1, 0.15) is 62.0 Å². The Kier molecular flexibility index (Phi) is 6.47. The molecule has 0 spiro atoms. The van der Waals surface area contributed by atoms with E-state index in [1.165, 1.54) is 0 Å². The van der Waals surface area contributed by atoms with Gasteiger partial charge >= 0.3 is 0 Å². The van der Waals surface area contributed by atoms with Crippen molar-refractivity contribution in [1.82, 2.24) is 25.9 Å². The topological polar surface area (TPSA) is 153 Å². The molecule has 0 atom stereocenters. The molecule has 2 fully saturated rings. The molecule has 30 heavy (non-hydrogen) atoms. The number of hydrogen-bond acceptors (Lipinski definition) is 7. The lowest BCUT2D eigenvalue weighted by Crippen LogP contribution is -2.28. The van der Waals surface area contributed by atoms with Crippen LogP contribution in [0, 0.1) is 5.92 Å². The van der Waals surface area contributed by atoms with E-state index in [9.17, 15) is 8.42 Å². The number of primary sulfonamides is 1. The average Bonchev–Trinajstić information content (AvgIpc) is 3.27. The first kappa shape index (κ1) is 21.4. The van der Waals surface area contributed by atoms with Crippen molar-refractivity contribution >= 4 is 10.0 Å². The predicted molar refractivity (Wildman–Crippen MR) is 114 cm³/mol. The van der Waals surface area contributed by atoms with Crippen LogP contribution in [0.15, 0.2) is 17.0 Å². The van der Waals surface area contributed by atoms with E-state index in [4.69, 9.17) is 10.9 Å². The summed E-state index contributed by atoms with van der Waals surface area (Å²) in [5.74, 6) is 1.08. The minimum absolute atomic E-state index is 0.158. The van der Waals surface area contributed by atoms with Crippen LogP contribution < -0.4 is 16.2 Å². The van der Waals surface area contributed by atoms with Gasteiger partial charge in [0.25, 0.3) is 0 Å². The number of benzene rings is 1. The SMILES string of the molecule is NC1CCC(c2ccc(CCC3CCNCC3)c(S(N)(=O)=O)c2-c2nn[nH]n2)CC1. The van der Waals surface area contributed by atoms with Gasteiger partial charge in [0.1, 0.15) is 0 Å². The summed E-state index contributed by atoms with van der Waals surface area (Å²) in [6, 6.07) is 4.19. The van der Waals surface area contributed by atoms with Gasteiger partial charge < -0.3 is 11.1 Å². The second kappa shape index (κ2) is 9.09. The molecule has 9 nitrogen and oxygen atoms in total. The molecule has 1 aliphatic heterocycles.